The number of benzene rings is 2. The molecule has 3 N–H and O–H groups in total. The molecule has 0 aliphatic rings. The van der Waals surface area contributed by atoms with Gasteiger partial charge in [0.25, 0.3) is 11.8 Å². The number of hydrogen-bond donors (Lipinski definition) is 3. The molecule has 0 unspecified atom stereocenters. The number of aromatic hydroxyl groups is 1. The second kappa shape index (κ2) is 7.89. The highest BCUT2D eigenvalue weighted by Gasteiger charge is 2.10. The normalized spacial score (nSPS) is 10.8. The number of hydrazone groups is 1. The van der Waals surface area contributed by atoms with Crippen molar-refractivity contribution >= 4 is 28.8 Å². The van der Waals surface area contributed by atoms with Gasteiger partial charge in [-0.25, -0.2) is 5.43 Å². The van der Waals surface area contributed by atoms with E-state index < -0.39 is 5.91 Å². The third kappa shape index (κ3) is 4.02. The van der Waals surface area contributed by atoms with Gasteiger partial charge >= 0.3 is 0 Å². The minimum absolute atomic E-state index is 0.0465. The molecule has 0 atom stereocenters. The SMILES string of the molecule is O=C(CNC(=O)c1cccc2ccccc12)N/N=C/c1ccncc1O. The summed E-state index contributed by atoms with van der Waals surface area (Å²) in [6.07, 6.45) is 4.06. The molecular weight excluding hydrogens is 332 g/mol. The van der Waals surface area contributed by atoms with Crippen LogP contribution in [0.4, 0.5) is 0 Å². The van der Waals surface area contributed by atoms with Crippen molar-refractivity contribution in [2.45, 2.75) is 0 Å². The van der Waals surface area contributed by atoms with Crippen LogP contribution < -0.4 is 10.7 Å². The number of pyridine rings is 1. The number of nitrogens with one attached hydrogen (secondary N) is 2. The Morgan fingerprint density at radius 3 is 2.77 bits per heavy atom. The molecule has 2 amide bonds. The van der Waals surface area contributed by atoms with Crippen LogP contribution in [0.25, 0.3) is 10.8 Å². The molecule has 0 saturated carbocycles. The molecule has 26 heavy (non-hydrogen) atoms. The molecule has 0 radical (unpaired) electrons. The average molecular weight is 348 g/mol. The summed E-state index contributed by atoms with van der Waals surface area (Å²) in [5, 5.41) is 17.6. The molecule has 1 heterocycles. The second-order valence-corrected chi connectivity index (χ2v) is 5.44. The van der Waals surface area contributed by atoms with Crippen molar-refractivity contribution in [3.63, 3.8) is 0 Å². The van der Waals surface area contributed by atoms with Gasteiger partial charge in [-0.1, -0.05) is 36.4 Å². The highest BCUT2D eigenvalue weighted by atomic mass is 16.3. The average Bonchev–Trinajstić information content (AvgIpc) is 2.67. The maximum atomic E-state index is 12.3. The van der Waals surface area contributed by atoms with Gasteiger partial charge in [-0.3, -0.25) is 14.6 Å². The Hall–Kier alpha value is -3.74. The summed E-state index contributed by atoms with van der Waals surface area (Å²) in [6.45, 7) is -0.221. The lowest BCUT2D eigenvalue weighted by molar-refractivity contribution is -0.120. The number of nitrogens with zero attached hydrogens (tertiary/aromatic N) is 2. The molecule has 7 nitrogen and oxygen atoms in total. The number of rotatable bonds is 5. The van der Waals surface area contributed by atoms with Crippen LogP contribution >= 0.6 is 0 Å². The maximum absolute atomic E-state index is 12.3. The predicted octanol–water partition coefficient (Wildman–Crippen LogP) is 1.82. The van der Waals surface area contributed by atoms with Gasteiger partial charge in [-0.2, -0.15) is 5.10 Å². The molecule has 3 rings (SSSR count). The topological polar surface area (TPSA) is 104 Å². The van der Waals surface area contributed by atoms with Crippen molar-refractivity contribution in [3.8, 4) is 5.75 Å². The zero-order valence-corrected chi connectivity index (χ0v) is 13.7. The quantitative estimate of drug-likeness (QED) is 0.483. The molecular formula is C19H16N4O3. The summed E-state index contributed by atoms with van der Waals surface area (Å²) in [5.74, 6) is -0.870. The van der Waals surface area contributed by atoms with E-state index in [1.165, 1.54) is 18.6 Å². The van der Waals surface area contributed by atoms with Crippen molar-refractivity contribution in [2.24, 2.45) is 5.10 Å². The molecule has 0 saturated heterocycles. The number of hydrogen-bond acceptors (Lipinski definition) is 5. The largest absolute Gasteiger partial charge is 0.506 e. The van der Waals surface area contributed by atoms with Crippen LogP contribution in [0.5, 0.6) is 5.75 Å². The summed E-state index contributed by atoms with van der Waals surface area (Å²) < 4.78 is 0. The first kappa shape index (κ1) is 17.1. The fourth-order valence-corrected chi connectivity index (χ4v) is 2.40. The van der Waals surface area contributed by atoms with Gasteiger partial charge in [0.05, 0.1) is 19.0 Å². The molecule has 2 aromatic carbocycles. The minimum atomic E-state index is -0.483. The van der Waals surface area contributed by atoms with E-state index >= 15 is 0 Å². The van der Waals surface area contributed by atoms with E-state index in [4.69, 9.17) is 0 Å². The van der Waals surface area contributed by atoms with Crippen LogP contribution in [0.2, 0.25) is 0 Å². The van der Waals surface area contributed by atoms with Crippen LogP contribution in [0.15, 0.2) is 66.0 Å². The summed E-state index contributed by atoms with van der Waals surface area (Å²) in [6, 6.07) is 14.5. The Morgan fingerprint density at radius 1 is 1.12 bits per heavy atom. The second-order valence-electron chi connectivity index (χ2n) is 5.44. The first-order valence-electron chi connectivity index (χ1n) is 7.86. The summed E-state index contributed by atoms with van der Waals surface area (Å²) in [4.78, 5) is 27.9. The van der Waals surface area contributed by atoms with Crippen molar-refractivity contribution in [2.75, 3.05) is 6.54 Å². The van der Waals surface area contributed by atoms with E-state index in [-0.39, 0.29) is 18.2 Å². The Kier molecular flexibility index (Phi) is 5.19. The smallest absolute Gasteiger partial charge is 0.259 e. The lowest BCUT2D eigenvalue weighted by Gasteiger charge is -2.07. The van der Waals surface area contributed by atoms with E-state index in [2.05, 4.69) is 20.8 Å². The fraction of sp³-hybridized carbons (Fsp3) is 0.0526. The lowest BCUT2D eigenvalue weighted by Crippen LogP contribution is -2.35. The number of amides is 2. The van der Waals surface area contributed by atoms with Gasteiger partial charge in [0, 0.05) is 17.3 Å². The molecule has 1 aromatic heterocycles. The summed E-state index contributed by atoms with van der Waals surface area (Å²) in [5.41, 5.74) is 3.20. The highest BCUT2D eigenvalue weighted by molar-refractivity contribution is 6.07. The Morgan fingerprint density at radius 2 is 1.92 bits per heavy atom. The van der Waals surface area contributed by atoms with Gasteiger partial charge in [0.15, 0.2) is 0 Å². The van der Waals surface area contributed by atoms with Gasteiger partial charge in [-0.15, -0.1) is 0 Å². The Balaban J connectivity index is 1.57. The van der Waals surface area contributed by atoms with E-state index in [0.29, 0.717) is 11.1 Å². The molecule has 0 bridgehead atoms. The molecule has 0 spiro atoms. The number of carbonyl (C=O) groups is 2. The lowest BCUT2D eigenvalue weighted by atomic mass is 10.0. The Bertz CT molecular complexity index is 980. The van der Waals surface area contributed by atoms with Crippen LogP contribution in [0.3, 0.4) is 0 Å². The van der Waals surface area contributed by atoms with Crippen molar-refractivity contribution < 1.29 is 14.7 Å². The molecule has 0 aliphatic carbocycles. The standard InChI is InChI=1S/C19H16N4O3/c24-17-11-20-9-8-14(17)10-22-23-18(25)12-21-19(26)16-7-3-5-13-4-1-2-6-15(13)16/h1-11,24H,12H2,(H,21,26)(H,23,25)/b22-10+. The first-order valence-corrected chi connectivity index (χ1v) is 7.86. The highest BCUT2D eigenvalue weighted by Crippen LogP contribution is 2.18. The van der Waals surface area contributed by atoms with Gasteiger partial charge in [0.1, 0.15) is 5.75 Å². The predicted molar refractivity (Wildman–Crippen MR) is 97.9 cm³/mol. The molecule has 3 aromatic rings. The molecule has 7 heteroatoms. The summed E-state index contributed by atoms with van der Waals surface area (Å²) in [7, 11) is 0. The van der Waals surface area contributed by atoms with Gasteiger partial charge in [0.2, 0.25) is 0 Å². The molecule has 0 fully saturated rings. The number of aromatic nitrogens is 1. The van der Waals surface area contributed by atoms with Crippen molar-refractivity contribution in [1.82, 2.24) is 15.7 Å². The number of fused-ring (bicyclic) bond motifs is 1. The van der Waals surface area contributed by atoms with Crippen molar-refractivity contribution in [3.05, 3.63) is 72.1 Å². The number of carbonyl (C=O) groups excluding carboxylic acids is 2. The van der Waals surface area contributed by atoms with E-state index in [0.717, 1.165) is 10.8 Å². The Labute approximate surface area is 149 Å². The third-order valence-corrected chi connectivity index (χ3v) is 3.67. The van der Waals surface area contributed by atoms with E-state index in [1.807, 2.05) is 30.3 Å². The van der Waals surface area contributed by atoms with Gasteiger partial charge < -0.3 is 10.4 Å². The monoisotopic (exact) mass is 348 g/mol. The zero-order chi connectivity index (χ0) is 18.4. The maximum Gasteiger partial charge on any atom is 0.259 e. The van der Waals surface area contributed by atoms with Crippen molar-refractivity contribution in [1.29, 1.82) is 0 Å². The van der Waals surface area contributed by atoms with Crippen LogP contribution in [0, 0.1) is 0 Å². The fourth-order valence-electron chi connectivity index (χ4n) is 2.40. The minimum Gasteiger partial charge on any atom is -0.506 e. The third-order valence-electron chi connectivity index (χ3n) is 3.67. The van der Waals surface area contributed by atoms with Crippen LogP contribution in [-0.2, 0) is 4.79 Å². The van der Waals surface area contributed by atoms with E-state index in [9.17, 15) is 14.7 Å². The summed E-state index contributed by atoms with van der Waals surface area (Å²) >= 11 is 0. The molecule has 130 valence electrons. The van der Waals surface area contributed by atoms with Crippen LogP contribution in [-0.4, -0.2) is 34.7 Å². The first-order chi connectivity index (χ1) is 12.6. The van der Waals surface area contributed by atoms with E-state index in [1.54, 1.807) is 18.2 Å². The van der Waals surface area contributed by atoms with Gasteiger partial charge in [-0.05, 0) is 22.9 Å². The molecule has 0 aliphatic heterocycles. The zero-order valence-electron chi connectivity index (χ0n) is 13.7. The van der Waals surface area contributed by atoms with Crippen LogP contribution in [0.1, 0.15) is 15.9 Å².